The Labute approximate surface area is 136 Å². The number of ether oxygens (including phenoxy) is 1. The van der Waals surface area contributed by atoms with E-state index in [1.54, 1.807) is 11.3 Å². The third-order valence-electron chi connectivity index (χ3n) is 3.29. The van der Waals surface area contributed by atoms with Gasteiger partial charge < -0.3 is 10.1 Å². The summed E-state index contributed by atoms with van der Waals surface area (Å²) in [6.45, 7) is 3.98. The molecule has 0 saturated carbocycles. The number of urea groups is 1. The molecule has 118 valence electrons. The van der Waals surface area contributed by atoms with Gasteiger partial charge in [0.15, 0.2) is 5.13 Å². The molecule has 2 aromatic rings. The van der Waals surface area contributed by atoms with Crippen LogP contribution in [0.2, 0.25) is 0 Å². The minimum Gasteiger partial charge on any atom is -0.375 e. The van der Waals surface area contributed by atoms with E-state index < -0.39 is 0 Å². The maximum atomic E-state index is 11.9. The van der Waals surface area contributed by atoms with Crippen LogP contribution in [0.25, 0.3) is 0 Å². The molecule has 0 aliphatic carbocycles. The molecule has 1 aliphatic rings. The van der Waals surface area contributed by atoms with E-state index in [9.17, 15) is 4.79 Å². The Morgan fingerprint density at radius 3 is 3.14 bits per heavy atom. The summed E-state index contributed by atoms with van der Waals surface area (Å²) in [4.78, 5) is 23.0. The van der Waals surface area contributed by atoms with E-state index in [4.69, 9.17) is 4.74 Å². The molecule has 1 aliphatic heterocycles. The highest BCUT2D eigenvalue weighted by atomic mass is 32.1. The molecule has 22 heavy (non-hydrogen) atoms. The van der Waals surface area contributed by atoms with Crippen molar-refractivity contribution in [1.29, 1.82) is 0 Å². The number of nitrogens with one attached hydrogen (secondary N) is 2. The van der Waals surface area contributed by atoms with Crippen molar-refractivity contribution >= 4 is 33.8 Å². The molecule has 3 heterocycles. The number of fused-ring (bicyclic) bond motifs is 1. The lowest BCUT2D eigenvalue weighted by Gasteiger charge is -2.08. The first-order chi connectivity index (χ1) is 10.7. The summed E-state index contributed by atoms with van der Waals surface area (Å²) in [5.41, 5.74) is 1.04. The second-order valence-corrected chi connectivity index (χ2v) is 7.18. The summed E-state index contributed by atoms with van der Waals surface area (Å²) < 4.78 is 5.38. The number of amides is 2. The van der Waals surface area contributed by atoms with E-state index in [0.29, 0.717) is 24.9 Å². The highest BCUT2D eigenvalue weighted by molar-refractivity contribution is 7.15. The fourth-order valence-electron chi connectivity index (χ4n) is 2.13. The van der Waals surface area contributed by atoms with Crippen LogP contribution in [0, 0.1) is 0 Å². The zero-order chi connectivity index (χ0) is 15.4. The highest BCUT2D eigenvalue weighted by Crippen LogP contribution is 2.26. The predicted octanol–water partition coefficient (Wildman–Crippen LogP) is 2.60. The van der Waals surface area contributed by atoms with E-state index >= 15 is 0 Å². The van der Waals surface area contributed by atoms with Crippen molar-refractivity contribution in [2.75, 3.05) is 18.5 Å². The van der Waals surface area contributed by atoms with Gasteiger partial charge in [-0.15, -0.1) is 11.3 Å². The lowest BCUT2D eigenvalue weighted by Crippen LogP contribution is -2.30. The number of thiazole rings is 2. The second kappa shape index (κ2) is 7.17. The van der Waals surface area contributed by atoms with E-state index in [2.05, 4.69) is 27.5 Å². The van der Waals surface area contributed by atoms with E-state index in [-0.39, 0.29) is 6.03 Å². The van der Waals surface area contributed by atoms with Crippen molar-refractivity contribution in [1.82, 2.24) is 15.3 Å². The summed E-state index contributed by atoms with van der Waals surface area (Å²) in [6, 6.07) is -0.223. The lowest BCUT2D eigenvalue weighted by molar-refractivity contribution is 0.112. The van der Waals surface area contributed by atoms with Crippen LogP contribution in [0.1, 0.15) is 27.4 Å². The van der Waals surface area contributed by atoms with Crippen LogP contribution in [-0.4, -0.2) is 29.2 Å². The van der Waals surface area contributed by atoms with E-state index in [1.165, 1.54) is 16.2 Å². The zero-order valence-electron chi connectivity index (χ0n) is 12.3. The lowest BCUT2D eigenvalue weighted by atomic mass is 10.2. The normalized spacial score (nSPS) is 13.7. The number of nitrogens with zero attached hydrogens (tertiary/aromatic N) is 2. The second-order valence-electron chi connectivity index (χ2n) is 4.90. The molecule has 2 aromatic heterocycles. The highest BCUT2D eigenvalue weighted by Gasteiger charge is 2.16. The molecule has 3 rings (SSSR count). The number of carbonyl (C=O) groups is 1. The molecular formula is C14H18N4O2S2. The van der Waals surface area contributed by atoms with Crippen LogP contribution in [0.3, 0.4) is 0 Å². The fraction of sp³-hybridized carbons (Fsp3) is 0.500. The number of hydrogen-bond donors (Lipinski definition) is 2. The van der Waals surface area contributed by atoms with Gasteiger partial charge in [-0.1, -0.05) is 18.3 Å². The SMILES string of the molecule is CCc1cnc(CCNC(=O)Nc2nc3c(s2)COCC3)s1. The Morgan fingerprint density at radius 1 is 1.45 bits per heavy atom. The van der Waals surface area contributed by atoms with Crippen LogP contribution >= 0.6 is 22.7 Å². The molecule has 0 unspecified atom stereocenters. The minimum atomic E-state index is -0.223. The van der Waals surface area contributed by atoms with Gasteiger partial charge in [0.2, 0.25) is 0 Å². The molecule has 2 amide bonds. The Bertz CT molecular complexity index is 630. The van der Waals surface area contributed by atoms with Gasteiger partial charge in [-0.05, 0) is 6.42 Å². The molecule has 6 nitrogen and oxygen atoms in total. The van der Waals surface area contributed by atoms with Gasteiger partial charge in [0.05, 0.1) is 28.8 Å². The average molecular weight is 338 g/mol. The van der Waals surface area contributed by atoms with Gasteiger partial charge in [0.25, 0.3) is 0 Å². The number of anilines is 1. The summed E-state index contributed by atoms with van der Waals surface area (Å²) in [7, 11) is 0. The third-order valence-corrected chi connectivity index (χ3v) is 5.48. The molecule has 0 spiro atoms. The van der Waals surface area contributed by atoms with Gasteiger partial charge >= 0.3 is 6.03 Å². The molecule has 0 fully saturated rings. The molecule has 0 atom stereocenters. The minimum absolute atomic E-state index is 0.223. The van der Waals surface area contributed by atoms with E-state index in [1.807, 2.05) is 6.20 Å². The Kier molecular flexibility index (Phi) is 5.01. The number of hydrogen-bond acceptors (Lipinski definition) is 6. The van der Waals surface area contributed by atoms with Gasteiger partial charge in [-0.25, -0.2) is 14.8 Å². The molecule has 0 bridgehead atoms. The van der Waals surface area contributed by atoms with Crippen LogP contribution in [0.15, 0.2) is 6.20 Å². The molecule has 0 aromatic carbocycles. The van der Waals surface area contributed by atoms with Crippen molar-refractivity contribution in [3.8, 4) is 0 Å². The van der Waals surface area contributed by atoms with Crippen molar-refractivity contribution in [3.63, 3.8) is 0 Å². The predicted molar refractivity (Wildman–Crippen MR) is 87.7 cm³/mol. The Morgan fingerprint density at radius 2 is 2.36 bits per heavy atom. The van der Waals surface area contributed by atoms with E-state index in [0.717, 1.165) is 34.8 Å². The molecular weight excluding hydrogens is 320 g/mol. The number of aryl methyl sites for hydroxylation is 1. The fourth-order valence-corrected chi connectivity index (χ4v) is 3.93. The number of aromatic nitrogens is 2. The van der Waals surface area contributed by atoms with Crippen LogP contribution in [0.4, 0.5) is 9.93 Å². The van der Waals surface area contributed by atoms with Crippen molar-refractivity contribution in [2.45, 2.75) is 32.8 Å². The van der Waals surface area contributed by atoms with Gasteiger partial charge in [0.1, 0.15) is 0 Å². The van der Waals surface area contributed by atoms with Crippen LogP contribution in [0.5, 0.6) is 0 Å². The van der Waals surface area contributed by atoms with Crippen molar-refractivity contribution < 1.29 is 9.53 Å². The molecule has 2 N–H and O–H groups in total. The summed E-state index contributed by atoms with van der Waals surface area (Å²) in [6.07, 6.45) is 4.48. The summed E-state index contributed by atoms with van der Waals surface area (Å²) >= 11 is 3.18. The topological polar surface area (TPSA) is 76.1 Å². The maximum absolute atomic E-state index is 11.9. The monoisotopic (exact) mass is 338 g/mol. The smallest absolute Gasteiger partial charge is 0.321 e. The standard InChI is InChI=1S/C14H18N4O2S2/c1-2-9-7-16-12(21-9)3-5-15-13(19)18-14-17-10-4-6-20-8-11(10)22-14/h7H,2-6,8H2,1H3,(H2,15,17,18,19). The van der Waals surface area contributed by atoms with Gasteiger partial charge in [0, 0.05) is 30.5 Å². The molecule has 0 radical (unpaired) electrons. The Hall–Kier alpha value is -1.51. The van der Waals surface area contributed by atoms with Crippen LogP contribution < -0.4 is 10.6 Å². The first kappa shape index (κ1) is 15.4. The first-order valence-corrected chi connectivity index (χ1v) is 8.92. The molecule has 0 saturated heterocycles. The zero-order valence-corrected chi connectivity index (χ0v) is 14.0. The van der Waals surface area contributed by atoms with Crippen molar-refractivity contribution in [3.05, 3.63) is 26.7 Å². The summed E-state index contributed by atoms with van der Waals surface area (Å²) in [5.74, 6) is 0. The number of rotatable bonds is 5. The quantitative estimate of drug-likeness (QED) is 0.878. The third kappa shape index (κ3) is 3.82. The maximum Gasteiger partial charge on any atom is 0.321 e. The van der Waals surface area contributed by atoms with Gasteiger partial charge in [-0.2, -0.15) is 0 Å². The number of carbonyl (C=O) groups excluding carboxylic acids is 1. The average Bonchev–Trinajstić information content (AvgIpc) is 3.12. The van der Waals surface area contributed by atoms with Crippen LogP contribution in [-0.2, 0) is 30.6 Å². The van der Waals surface area contributed by atoms with Gasteiger partial charge in [-0.3, -0.25) is 5.32 Å². The summed E-state index contributed by atoms with van der Waals surface area (Å²) in [5, 5.41) is 7.32. The van der Waals surface area contributed by atoms with Crippen molar-refractivity contribution in [2.24, 2.45) is 0 Å². The largest absolute Gasteiger partial charge is 0.375 e. The molecule has 8 heteroatoms. The Balaban J connectivity index is 1.45. The first-order valence-electron chi connectivity index (χ1n) is 7.29.